The molecule has 2 aromatic heterocycles. The minimum Gasteiger partial charge on any atom is -0.363 e. The summed E-state index contributed by atoms with van der Waals surface area (Å²) >= 11 is 0. The van der Waals surface area contributed by atoms with Crippen molar-refractivity contribution in [3.8, 4) is 0 Å². The number of aryl methyl sites for hydroxylation is 1. The molecule has 0 aliphatic heterocycles. The van der Waals surface area contributed by atoms with Gasteiger partial charge in [0.1, 0.15) is 0 Å². The summed E-state index contributed by atoms with van der Waals surface area (Å²) in [5.74, 6) is 0. The lowest BCUT2D eigenvalue weighted by Crippen LogP contribution is -2.22. The van der Waals surface area contributed by atoms with Crippen LogP contribution >= 0.6 is 0 Å². The van der Waals surface area contributed by atoms with E-state index < -0.39 is 10.0 Å². The fraction of sp³-hybridized carbons (Fsp3) is 0.417. The molecular formula is C12H19N5O2S. The first-order chi connectivity index (χ1) is 9.51. The highest BCUT2D eigenvalue weighted by Crippen LogP contribution is 2.11. The van der Waals surface area contributed by atoms with E-state index in [1.807, 2.05) is 6.92 Å². The molecule has 110 valence electrons. The standard InChI is InChI=1S/C12H19N5O2S/c1-3-13-7-11-4-12(8-14-11)20(18,19)16-6-10-5-15-17(2)9-10/h4-5,8-9,13-14,16H,3,6-7H2,1-2H3. The minimum absolute atomic E-state index is 0.226. The number of hydrogen-bond donors (Lipinski definition) is 3. The highest BCUT2D eigenvalue weighted by Gasteiger charge is 2.15. The molecular weight excluding hydrogens is 278 g/mol. The molecule has 0 spiro atoms. The molecule has 0 saturated carbocycles. The van der Waals surface area contributed by atoms with Gasteiger partial charge in [-0.3, -0.25) is 4.68 Å². The summed E-state index contributed by atoms with van der Waals surface area (Å²) in [6.45, 7) is 3.68. The van der Waals surface area contributed by atoms with Crippen LogP contribution in [0.2, 0.25) is 0 Å². The van der Waals surface area contributed by atoms with Gasteiger partial charge in [-0.1, -0.05) is 6.92 Å². The molecule has 0 saturated heterocycles. The highest BCUT2D eigenvalue weighted by molar-refractivity contribution is 7.89. The molecule has 3 N–H and O–H groups in total. The second kappa shape index (κ2) is 6.21. The Labute approximate surface area is 118 Å². The van der Waals surface area contributed by atoms with Crippen LogP contribution in [0.5, 0.6) is 0 Å². The van der Waals surface area contributed by atoms with E-state index in [0.717, 1.165) is 17.8 Å². The van der Waals surface area contributed by atoms with Gasteiger partial charge in [-0.2, -0.15) is 5.10 Å². The number of aromatic nitrogens is 3. The van der Waals surface area contributed by atoms with E-state index in [-0.39, 0.29) is 11.4 Å². The zero-order valence-corrected chi connectivity index (χ0v) is 12.4. The molecule has 0 bridgehead atoms. The zero-order valence-electron chi connectivity index (χ0n) is 11.5. The number of rotatable bonds is 7. The third-order valence-electron chi connectivity index (χ3n) is 2.82. The molecule has 0 atom stereocenters. The van der Waals surface area contributed by atoms with E-state index in [0.29, 0.717) is 6.54 Å². The number of nitrogens with one attached hydrogen (secondary N) is 3. The molecule has 2 rings (SSSR count). The van der Waals surface area contributed by atoms with E-state index in [9.17, 15) is 8.42 Å². The van der Waals surface area contributed by atoms with Crippen molar-refractivity contribution in [1.82, 2.24) is 24.8 Å². The Morgan fingerprint density at radius 2 is 2.20 bits per heavy atom. The van der Waals surface area contributed by atoms with Gasteiger partial charge in [0.25, 0.3) is 0 Å². The monoisotopic (exact) mass is 297 g/mol. The van der Waals surface area contributed by atoms with E-state index in [4.69, 9.17) is 0 Å². The lowest BCUT2D eigenvalue weighted by Gasteiger charge is -2.02. The predicted molar refractivity (Wildman–Crippen MR) is 75.4 cm³/mol. The molecule has 0 amide bonds. The molecule has 0 aliphatic rings. The van der Waals surface area contributed by atoms with Gasteiger partial charge in [0.05, 0.1) is 11.1 Å². The van der Waals surface area contributed by atoms with Crippen LogP contribution in [-0.2, 0) is 30.2 Å². The van der Waals surface area contributed by atoms with Crippen LogP contribution < -0.4 is 10.0 Å². The second-order valence-corrected chi connectivity index (χ2v) is 6.25. The van der Waals surface area contributed by atoms with Crippen LogP contribution in [-0.4, -0.2) is 29.7 Å². The van der Waals surface area contributed by atoms with Crippen molar-refractivity contribution in [2.24, 2.45) is 7.05 Å². The van der Waals surface area contributed by atoms with Gasteiger partial charge in [-0.25, -0.2) is 13.1 Å². The molecule has 0 radical (unpaired) electrons. The molecule has 0 aromatic carbocycles. The first-order valence-corrected chi connectivity index (χ1v) is 7.85. The largest absolute Gasteiger partial charge is 0.363 e. The maximum atomic E-state index is 12.1. The Morgan fingerprint density at radius 1 is 1.40 bits per heavy atom. The lowest BCUT2D eigenvalue weighted by atomic mass is 10.4. The first-order valence-electron chi connectivity index (χ1n) is 6.36. The Kier molecular flexibility index (Phi) is 4.58. The van der Waals surface area contributed by atoms with Crippen molar-refractivity contribution in [2.75, 3.05) is 6.54 Å². The summed E-state index contributed by atoms with van der Waals surface area (Å²) in [6.07, 6.45) is 4.91. The summed E-state index contributed by atoms with van der Waals surface area (Å²) in [7, 11) is -1.71. The van der Waals surface area contributed by atoms with Gasteiger partial charge < -0.3 is 10.3 Å². The third kappa shape index (κ3) is 3.69. The molecule has 0 unspecified atom stereocenters. The fourth-order valence-electron chi connectivity index (χ4n) is 1.76. The summed E-state index contributed by atoms with van der Waals surface area (Å²) in [5.41, 5.74) is 1.66. The van der Waals surface area contributed by atoms with E-state index in [1.165, 1.54) is 6.20 Å². The van der Waals surface area contributed by atoms with Gasteiger partial charge in [0.15, 0.2) is 0 Å². The number of sulfonamides is 1. The smallest absolute Gasteiger partial charge is 0.242 e. The van der Waals surface area contributed by atoms with Gasteiger partial charge in [-0.15, -0.1) is 0 Å². The normalized spacial score (nSPS) is 11.9. The maximum Gasteiger partial charge on any atom is 0.242 e. The van der Waals surface area contributed by atoms with E-state index in [2.05, 4.69) is 20.1 Å². The molecule has 0 fully saturated rings. The van der Waals surface area contributed by atoms with Crippen LogP contribution in [0, 0.1) is 0 Å². The SMILES string of the molecule is CCNCc1cc(S(=O)(=O)NCc2cnn(C)c2)c[nH]1. The van der Waals surface area contributed by atoms with Gasteiger partial charge in [0, 0.05) is 43.8 Å². The number of nitrogens with zero attached hydrogens (tertiary/aromatic N) is 2. The number of hydrogen-bond acceptors (Lipinski definition) is 4. The molecule has 2 heterocycles. The number of H-pyrrole nitrogens is 1. The maximum absolute atomic E-state index is 12.1. The summed E-state index contributed by atoms with van der Waals surface area (Å²) in [6, 6.07) is 1.63. The average molecular weight is 297 g/mol. The first kappa shape index (κ1) is 14.8. The van der Waals surface area contributed by atoms with Crippen LogP contribution in [0.4, 0.5) is 0 Å². The summed E-state index contributed by atoms with van der Waals surface area (Å²) < 4.78 is 28.4. The number of aromatic amines is 1. The molecule has 0 aliphatic carbocycles. The zero-order chi connectivity index (χ0) is 14.6. The van der Waals surface area contributed by atoms with Gasteiger partial charge in [-0.05, 0) is 12.6 Å². The minimum atomic E-state index is -3.50. The Balaban J connectivity index is 2.00. The second-order valence-electron chi connectivity index (χ2n) is 4.49. The highest BCUT2D eigenvalue weighted by atomic mass is 32.2. The molecule has 8 heteroatoms. The Hall–Kier alpha value is -1.64. The van der Waals surface area contributed by atoms with Crippen LogP contribution in [0.1, 0.15) is 18.2 Å². The summed E-state index contributed by atoms with van der Waals surface area (Å²) in [4.78, 5) is 3.20. The van der Waals surface area contributed by atoms with E-state index in [1.54, 1.807) is 30.2 Å². The van der Waals surface area contributed by atoms with Crippen molar-refractivity contribution in [3.63, 3.8) is 0 Å². The van der Waals surface area contributed by atoms with Crippen LogP contribution in [0.25, 0.3) is 0 Å². The lowest BCUT2D eigenvalue weighted by molar-refractivity contribution is 0.581. The van der Waals surface area contributed by atoms with Crippen LogP contribution in [0.3, 0.4) is 0 Å². The predicted octanol–water partition coefficient (Wildman–Crippen LogP) is 0.336. The Morgan fingerprint density at radius 3 is 2.85 bits per heavy atom. The van der Waals surface area contributed by atoms with Crippen molar-refractivity contribution < 1.29 is 8.42 Å². The average Bonchev–Trinajstić information content (AvgIpc) is 3.03. The van der Waals surface area contributed by atoms with Crippen LogP contribution in [0.15, 0.2) is 29.6 Å². The van der Waals surface area contributed by atoms with Gasteiger partial charge >= 0.3 is 0 Å². The van der Waals surface area contributed by atoms with Crippen molar-refractivity contribution in [1.29, 1.82) is 0 Å². The van der Waals surface area contributed by atoms with E-state index >= 15 is 0 Å². The summed E-state index contributed by atoms with van der Waals surface area (Å²) in [5, 5.41) is 7.13. The molecule has 2 aromatic rings. The molecule has 20 heavy (non-hydrogen) atoms. The third-order valence-corrected chi connectivity index (χ3v) is 4.20. The Bertz CT molecular complexity index is 659. The fourth-order valence-corrected chi connectivity index (χ4v) is 2.80. The van der Waals surface area contributed by atoms with Crippen molar-refractivity contribution >= 4 is 10.0 Å². The van der Waals surface area contributed by atoms with Crippen molar-refractivity contribution in [2.45, 2.75) is 24.9 Å². The van der Waals surface area contributed by atoms with Gasteiger partial charge in [0.2, 0.25) is 10.0 Å². The molecule has 7 nitrogen and oxygen atoms in total. The topological polar surface area (TPSA) is 91.8 Å². The quantitative estimate of drug-likeness (QED) is 0.687. The van der Waals surface area contributed by atoms with Crippen molar-refractivity contribution in [3.05, 3.63) is 35.9 Å².